The van der Waals surface area contributed by atoms with E-state index in [0.29, 0.717) is 29.5 Å². The summed E-state index contributed by atoms with van der Waals surface area (Å²) in [5.41, 5.74) is 1.29. The van der Waals surface area contributed by atoms with Gasteiger partial charge in [-0.05, 0) is 75.0 Å². The van der Waals surface area contributed by atoms with Crippen LogP contribution in [0, 0.1) is 24.2 Å². The summed E-state index contributed by atoms with van der Waals surface area (Å²) in [6.07, 6.45) is 5.67. The molecule has 0 spiro atoms. The Hall–Kier alpha value is -2.08. The van der Waals surface area contributed by atoms with Crippen LogP contribution in [0.3, 0.4) is 0 Å². The van der Waals surface area contributed by atoms with Crippen molar-refractivity contribution in [3.63, 3.8) is 0 Å². The Kier molecular flexibility index (Phi) is 5.09. The van der Waals surface area contributed by atoms with E-state index in [0.717, 1.165) is 31.2 Å². The number of halogens is 1. The number of amides is 2. The van der Waals surface area contributed by atoms with Crippen LogP contribution in [0.5, 0.6) is 0 Å². The highest BCUT2D eigenvalue weighted by molar-refractivity contribution is 6.24. The molecular formula is C22H27ClN2O4. The van der Waals surface area contributed by atoms with Crippen LogP contribution in [0.4, 0.5) is 5.69 Å². The van der Waals surface area contributed by atoms with Gasteiger partial charge in [0.1, 0.15) is 0 Å². The number of rotatable bonds is 5. The zero-order valence-electron chi connectivity index (χ0n) is 16.8. The van der Waals surface area contributed by atoms with E-state index in [-0.39, 0.29) is 23.2 Å². The summed E-state index contributed by atoms with van der Waals surface area (Å²) in [5, 5.41) is 5.62. The van der Waals surface area contributed by atoms with Gasteiger partial charge < -0.3 is 15.4 Å². The van der Waals surface area contributed by atoms with Gasteiger partial charge in [-0.2, -0.15) is 0 Å². The number of alkyl halides is 1. The van der Waals surface area contributed by atoms with Crippen LogP contribution in [0.2, 0.25) is 0 Å². The molecule has 156 valence electrons. The fraction of sp³-hybridized carbons (Fsp3) is 0.591. The third-order valence-electron chi connectivity index (χ3n) is 6.81. The largest absolute Gasteiger partial charge is 0.465 e. The number of carbonyl (C=O) groups is 3. The van der Waals surface area contributed by atoms with Gasteiger partial charge in [0.15, 0.2) is 0 Å². The van der Waals surface area contributed by atoms with E-state index in [1.807, 2.05) is 6.92 Å². The first-order valence-corrected chi connectivity index (χ1v) is 10.6. The summed E-state index contributed by atoms with van der Waals surface area (Å²) >= 11 is 6.81. The predicted molar refractivity (Wildman–Crippen MR) is 110 cm³/mol. The molecule has 4 saturated carbocycles. The molecule has 4 atom stereocenters. The Morgan fingerprint density at radius 3 is 2.48 bits per heavy atom. The fourth-order valence-corrected chi connectivity index (χ4v) is 6.65. The van der Waals surface area contributed by atoms with Gasteiger partial charge in [-0.15, -0.1) is 11.6 Å². The normalized spacial score (nSPS) is 32.0. The molecule has 4 fully saturated rings. The molecule has 6 nitrogen and oxygen atoms in total. The highest BCUT2D eigenvalue weighted by Crippen LogP contribution is 2.63. The Balaban J connectivity index is 1.38. The van der Waals surface area contributed by atoms with E-state index in [9.17, 15) is 14.4 Å². The number of nitrogens with one attached hydrogen (secondary N) is 2. The molecule has 1 aromatic rings. The zero-order valence-corrected chi connectivity index (χ0v) is 17.6. The lowest BCUT2D eigenvalue weighted by Gasteiger charge is -2.59. The maximum atomic E-state index is 13.0. The van der Waals surface area contributed by atoms with Gasteiger partial charge in [0.05, 0.1) is 24.6 Å². The smallest absolute Gasteiger partial charge is 0.337 e. The number of ether oxygens (including phenoxy) is 1. The molecule has 1 aromatic carbocycles. The molecule has 4 aliphatic rings. The lowest BCUT2D eigenvalue weighted by Crippen LogP contribution is -2.58. The Morgan fingerprint density at radius 2 is 1.86 bits per heavy atom. The van der Waals surface area contributed by atoms with Crippen molar-refractivity contribution in [3.05, 3.63) is 29.3 Å². The lowest BCUT2D eigenvalue weighted by atomic mass is 9.49. The number of hydrogen-bond donors (Lipinski definition) is 2. The summed E-state index contributed by atoms with van der Waals surface area (Å²) in [6.45, 7) is 1.73. The first-order valence-electron chi connectivity index (χ1n) is 10.2. The van der Waals surface area contributed by atoms with Crippen molar-refractivity contribution in [2.45, 2.75) is 50.3 Å². The van der Waals surface area contributed by atoms with Crippen molar-refractivity contribution >= 4 is 35.1 Å². The van der Waals surface area contributed by atoms with Crippen molar-refractivity contribution in [1.29, 1.82) is 0 Å². The van der Waals surface area contributed by atoms with E-state index in [2.05, 4.69) is 10.6 Å². The van der Waals surface area contributed by atoms with Crippen LogP contribution in [-0.2, 0) is 14.3 Å². The molecule has 29 heavy (non-hydrogen) atoms. The van der Waals surface area contributed by atoms with Crippen LogP contribution in [-0.4, -0.2) is 36.3 Å². The van der Waals surface area contributed by atoms with Crippen LogP contribution in [0.25, 0.3) is 0 Å². The molecule has 0 heterocycles. The molecular weight excluding hydrogens is 392 g/mol. The van der Waals surface area contributed by atoms with Crippen molar-refractivity contribution in [2.75, 3.05) is 19.0 Å². The van der Waals surface area contributed by atoms with Crippen molar-refractivity contribution in [3.8, 4) is 0 Å². The minimum absolute atomic E-state index is 0.0493. The SMILES string of the molecule is COC(=O)c1ccc(C)c(NC(=O)CNC(=O)C23C[C@@H]4C[C@@H](CC(Cl)(C4)C2)C3)c1. The predicted octanol–water partition coefficient (Wildman–Crippen LogP) is 3.41. The van der Waals surface area contributed by atoms with Gasteiger partial charge in [-0.3, -0.25) is 9.59 Å². The van der Waals surface area contributed by atoms with Crippen LogP contribution in [0.15, 0.2) is 18.2 Å². The molecule has 4 aliphatic carbocycles. The first kappa shape index (κ1) is 20.2. The van der Waals surface area contributed by atoms with E-state index in [1.54, 1.807) is 18.2 Å². The molecule has 7 heteroatoms. The summed E-state index contributed by atoms with van der Waals surface area (Å²) < 4.78 is 4.72. The Bertz CT molecular complexity index is 854. The number of aryl methyl sites for hydroxylation is 1. The van der Waals surface area contributed by atoms with Gasteiger partial charge in [-0.25, -0.2) is 4.79 Å². The van der Waals surface area contributed by atoms with E-state index < -0.39 is 11.4 Å². The van der Waals surface area contributed by atoms with Gasteiger partial charge >= 0.3 is 5.97 Å². The molecule has 2 unspecified atom stereocenters. The van der Waals surface area contributed by atoms with Crippen LogP contribution < -0.4 is 10.6 Å². The van der Waals surface area contributed by atoms with E-state index in [1.165, 1.54) is 13.5 Å². The standard InChI is InChI=1S/C22H27ClN2O4/c1-13-3-4-16(19(27)29-2)6-17(13)25-18(26)11-24-20(28)21-7-14-5-15(8-21)10-22(23,9-14)12-21/h3-4,6,14-15H,5,7-12H2,1-2H3,(H,24,28)(H,25,26)/t14-,15+,21?,22?. The van der Waals surface area contributed by atoms with E-state index >= 15 is 0 Å². The second-order valence-electron chi connectivity index (χ2n) is 9.14. The van der Waals surface area contributed by atoms with Crippen LogP contribution >= 0.6 is 11.6 Å². The van der Waals surface area contributed by atoms with Gasteiger partial charge in [-0.1, -0.05) is 6.07 Å². The maximum Gasteiger partial charge on any atom is 0.337 e. The minimum Gasteiger partial charge on any atom is -0.465 e. The number of benzene rings is 1. The summed E-state index contributed by atoms with van der Waals surface area (Å²) in [6, 6.07) is 4.97. The first-order chi connectivity index (χ1) is 13.7. The number of esters is 1. The number of anilines is 1. The monoisotopic (exact) mass is 418 g/mol. The molecule has 2 amide bonds. The van der Waals surface area contributed by atoms with E-state index in [4.69, 9.17) is 16.3 Å². The summed E-state index contributed by atoms with van der Waals surface area (Å²) in [5.74, 6) is 0.209. The van der Waals surface area contributed by atoms with Gasteiger partial charge in [0, 0.05) is 10.6 Å². The molecule has 0 aromatic heterocycles. The Labute approximate surface area is 175 Å². The maximum absolute atomic E-state index is 13.0. The average molecular weight is 419 g/mol. The van der Waals surface area contributed by atoms with Crippen molar-refractivity contribution in [2.24, 2.45) is 17.3 Å². The topological polar surface area (TPSA) is 84.5 Å². The third-order valence-corrected chi connectivity index (χ3v) is 7.26. The quantitative estimate of drug-likeness (QED) is 0.566. The second-order valence-corrected chi connectivity index (χ2v) is 9.95. The minimum atomic E-state index is -0.467. The number of hydrogen-bond acceptors (Lipinski definition) is 4. The zero-order chi connectivity index (χ0) is 20.8. The molecule has 0 saturated heterocycles. The van der Waals surface area contributed by atoms with Crippen molar-refractivity contribution in [1.82, 2.24) is 5.32 Å². The van der Waals surface area contributed by atoms with Crippen LogP contribution in [0.1, 0.15) is 54.4 Å². The second kappa shape index (κ2) is 7.31. The van der Waals surface area contributed by atoms with Crippen molar-refractivity contribution < 1.29 is 19.1 Å². The molecule has 0 radical (unpaired) electrons. The Morgan fingerprint density at radius 1 is 1.17 bits per heavy atom. The van der Waals surface area contributed by atoms with Gasteiger partial charge in [0.2, 0.25) is 11.8 Å². The molecule has 4 bridgehead atoms. The molecule has 2 N–H and O–H groups in total. The fourth-order valence-electron chi connectivity index (χ4n) is 5.96. The number of methoxy groups -OCH3 is 1. The molecule has 0 aliphatic heterocycles. The number of carbonyl (C=O) groups excluding carboxylic acids is 3. The summed E-state index contributed by atoms with van der Waals surface area (Å²) in [7, 11) is 1.31. The average Bonchev–Trinajstić information content (AvgIpc) is 2.65. The molecule has 5 rings (SSSR count). The lowest BCUT2D eigenvalue weighted by molar-refractivity contribution is -0.145. The third kappa shape index (κ3) is 3.87. The summed E-state index contributed by atoms with van der Waals surface area (Å²) in [4.78, 5) is 36.9. The van der Waals surface area contributed by atoms with Gasteiger partial charge in [0.25, 0.3) is 0 Å². The highest BCUT2D eigenvalue weighted by atomic mass is 35.5. The highest BCUT2D eigenvalue weighted by Gasteiger charge is 2.60.